The third-order valence-electron chi connectivity index (χ3n) is 3.74. The van der Waals surface area contributed by atoms with Gasteiger partial charge < -0.3 is 21.1 Å². The van der Waals surface area contributed by atoms with Crippen molar-refractivity contribution in [3.05, 3.63) is 36.0 Å². The number of carbonyl (C=O) groups excluding carboxylic acids is 2. The second kappa shape index (κ2) is 6.62. The maximum Gasteiger partial charge on any atom is 0.242 e. The summed E-state index contributed by atoms with van der Waals surface area (Å²) < 4.78 is 0. The van der Waals surface area contributed by atoms with E-state index in [1.807, 2.05) is 30.5 Å². The van der Waals surface area contributed by atoms with Crippen molar-refractivity contribution in [2.24, 2.45) is 11.7 Å². The molecular weight excluding hydrogens is 282 g/mol. The number of aliphatic hydroxyl groups excluding tert-OH is 1. The van der Waals surface area contributed by atoms with Crippen LogP contribution in [-0.4, -0.2) is 34.1 Å². The molecule has 0 saturated carbocycles. The molecule has 2 aromatic rings. The highest BCUT2D eigenvalue weighted by atomic mass is 16.3. The molecule has 0 aliphatic heterocycles. The number of amides is 2. The quantitative estimate of drug-likeness (QED) is 0.630. The van der Waals surface area contributed by atoms with Gasteiger partial charge in [-0.1, -0.05) is 25.1 Å². The standard InChI is InChI=1S/C16H21N3O3/c1-9(16(22)19-14(10(2)20)15(17)21)7-11-8-18-13-6-4-3-5-12(11)13/h3-6,8-10,14,18,20H,7H2,1-2H3,(H2,17,21)(H,19,22)/t9-,10+,14-/m0/s1. The molecule has 5 N–H and O–H groups in total. The molecule has 3 atom stereocenters. The number of hydrogen-bond donors (Lipinski definition) is 4. The molecule has 0 fully saturated rings. The van der Waals surface area contributed by atoms with Gasteiger partial charge in [0, 0.05) is 23.0 Å². The van der Waals surface area contributed by atoms with Crippen LogP contribution in [0.15, 0.2) is 30.5 Å². The van der Waals surface area contributed by atoms with Crippen molar-refractivity contribution in [3.8, 4) is 0 Å². The van der Waals surface area contributed by atoms with Gasteiger partial charge in [-0.15, -0.1) is 0 Å². The number of aliphatic hydroxyl groups is 1. The summed E-state index contributed by atoms with van der Waals surface area (Å²) in [5.41, 5.74) is 7.23. The molecule has 0 radical (unpaired) electrons. The molecule has 1 aromatic heterocycles. The number of primary amides is 1. The summed E-state index contributed by atoms with van der Waals surface area (Å²) in [4.78, 5) is 26.6. The predicted molar refractivity (Wildman–Crippen MR) is 84.0 cm³/mol. The molecule has 0 aliphatic rings. The Morgan fingerprint density at radius 3 is 2.64 bits per heavy atom. The minimum atomic E-state index is -1.07. The molecule has 0 bridgehead atoms. The monoisotopic (exact) mass is 303 g/mol. The first-order valence-electron chi connectivity index (χ1n) is 7.23. The first-order valence-corrected chi connectivity index (χ1v) is 7.23. The summed E-state index contributed by atoms with van der Waals surface area (Å²) in [5, 5.41) is 13.1. The lowest BCUT2D eigenvalue weighted by Gasteiger charge is -2.20. The number of aromatic amines is 1. The fourth-order valence-electron chi connectivity index (χ4n) is 2.45. The third kappa shape index (κ3) is 3.46. The molecule has 6 nitrogen and oxygen atoms in total. The van der Waals surface area contributed by atoms with Gasteiger partial charge in [0.05, 0.1) is 6.10 Å². The van der Waals surface area contributed by atoms with Crippen LogP contribution in [0.25, 0.3) is 10.9 Å². The van der Waals surface area contributed by atoms with E-state index < -0.39 is 18.1 Å². The molecule has 0 spiro atoms. The number of para-hydroxylation sites is 1. The number of H-pyrrole nitrogens is 1. The summed E-state index contributed by atoms with van der Waals surface area (Å²) in [6.45, 7) is 3.19. The SMILES string of the molecule is C[C@@H](Cc1c[nH]c2ccccc12)C(=O)N[C@H](C(N)=O)[C@@H](C)O. The fraction of sp³-hybridized carbons (Fsp3) is 0.375. The van der Waals surface area contributed by atoms with E-state index in [1.54, 1.807) is 6.92 Å². The van der Waals surface area contributed by atoms with Crippen molar-refractivity contribution in [2.45, 2.75) is 32.4 Å². The van der Waals surface area contributed by atoms with Crippen molar-refractivity contribution < 1.29 is 14.7 Å². The van der Waals surface area contributed by atoms with Crippen LogP contribution < -0.4 is 11.1 Å². The van der Waals surface area contributed by atoms with E-state index in [2.05, 4.69) is 10.3 Å². The zero-order chi connectivity index (χ0) is 16.3. The zero-order valence-electron chi connectivity index (χ0n) is 12.7. The number of rotatable bonds is 6. The van der Waals surface area contributed by atoms with Crippen molar-refractivity contribution >= 4 is 22.7 Å². The Hall–Kier alpha value is -2.34. The van der Waals surface area contributed by atoms with Crippen LogP contribution in [0, 0.1) is 5.92 Å². The molecular formula is C16H21N3O3. The van der Waals surface area contributed by atoms with Gasteiger partial charge in [0.1, 0.15) is 6.04 Å². The van der Waals surface area contributed by atoms with E-state index in [1.165, 1.54) is 6.92 Å². The van der Waals surface area contributed by atoms with Gasteiger partial charge in [-0.2, -0.15) is 0 Å². The van der Waals surface area contributed by atoms with Crippen LogP contribution in [0.4, 0.5) is 0 Å². The number of nitrogens with one attached hydrogen (secondary N) is 2. The minimum Gasteiger partial charge on any atom is -0.391 e. The molecule has 22 heavy (non-hydrogen) atoms. The lowest BCUT2D eigenvalue weighted by atomic mass is 9.99. The first kappa shape index (κ1) is 16.0. The smallest absolute Gasteiger partial charge is 0.242 e. The number of nitrogens with two attached hydrogens (primary N) is 1. The molecule has 0 unspecified atom stereocenters. The molecule has 1 aromatic carbocycles. The maximum absolute atomic E-state index is 12.2. The Labute approximate surface area is 128 Å². The van der Waals surface area contributed by atoms with Crippen LogP contribution in [0.3, 0.4) is 0 Å². The highest BCUT2D eigenvalue weighted by molar-refractivity contribution is 5.89. The van der Waals surface area contributed by atoms with Crippen molar-refractivity contribution in [1.82, 2.24) is 10.3 Å². The lowest BCUT2D eigenvalue weighted by molar-refractivity contribution is -0.131. The number of benzene rings is 1. The number of fused-ring (bicyclic) bond motifs is 1. The Morgan fingerprint density at radius 2 is 2.00 bits per heavy atom. The lowest BCUT2D eigenvalue weighted by Crippen LogP contribution is -2.52. The highest BCUT2D eigenvalue weighted by Gasteiger charge is 2.25. The Kier molecular flexibility index (Phi) is 4.82. The zero-order valence-corrected chi connectivity index (χ0v) is 12.7. The topological polar surface area (TPSA) is 108 Å². The van der Waals surface area contributed by atoms with Gasteiger partial charge in [0.15, 0.2) is 0 Å². The molecule has 1 heterocycles. The summed E-state index contributed by atoms with van der Waals surface area (Å²) in [7, 11) is 0. The Bertz CT molecular complexity index is 678. The van der Waals surface area contributed by atoms with E-state index >= 15 is 0 Å². The van der Waals surface area contributed by atoms with Crippen LogP contribution >= 0.6 is 0 Å². The normalized spacial score (nSPS) is 15.2. The van der Waals surface area contributed by atoms with Crippen molar-refractivity contribution in [1.29, 1.82) is 0 Å². The van der Waals surface area contributed by atoms with Gasteiger partial charge in [0.2, 0.25) is 11.8 Å². The number of aromatic nitrogens is 1. The van der Waals surface area contributed by atoms with Gasteiger partial charge in [0.25, 0.3) is 0 Å². The number of hydrogen-bond acceptors (Lipinski definition) is 3. The largest absolute Gasteiger partial charge is 0.391 e. The van der Waals surface area contributed by atoms with Crippen LogP contribution in [0.2, 0.25) is 0 Å². The highest BCUT2D eigenvalue weighted by Crippen LogP contribution is 2.20. The van der Waals surface area contributed by atoms with Crippen LogP contribution in [0.1, 0.15) is 19.4 Å². The summed E-state index contributed by atoms with van der Waals surface area (Å²) >= 11 is 0. The maximum atomic E-state index is 12.2. The van der Waals surface area contributed by atoms with E-state index in [0.29, 0.717) is 6.42 Å². The van der Waals surface area contributed by atoms with Gasteiger partial charge in [-0.3, -0.25) is 9.59 Å². The van der Waals surface area contributed by atoms with E-state index in [4.69, 9.17) is 5.73 Å². The van der Waals surface area contributed by atoms with E-state index in [0.717, 1.165) is 16.5 Å². The van der Waals surface area contributed by atoms with Crippen molar-refractivity contribution in [3.63, 3.8) is 0 Å². The molecule has 2 amide bonds. The summed E-state index contributed by atoms with van der Waals surface area (Å²) in [6.07, 6.45) is 1.39. The predicted octanol–water partition coefficient (Wildman–Crippen LogP) is 0.697. The van der Waals surface area contributed by atoms with E-state index in [-0.39, 0.29) is 11.8 Å². The third-order valence-corrected chi connectivity index (χ3v) is 3.74. The first-order chi connectivity index (χ1) is 10.4. The van der Waals surface area contributed by atoms with Crippen LogP contribution in [0.5, 0.6) is 0 Å². The summed E-state index contributed by atoms with van der Waals surface area (Å²) in [6, 6.07) is 6.78. The second-order valence-electron chi connectivity index (χ2n) is 5.59. The molecule has 0 aliphatic carbocycles. The molecule has 6 heteroatoms. The molecule has 0 saturated heterocycles. The summed E-state index contributed by atoms with van der Waals surface area (Å²) in [5.74, 6) is -1.41. The molecule has 2 rings (SSSR count). The average Bonchev–Trinajstić information content (AvgIpc) is 2.87. The Morgan fingerprint density at radius 1 is 1.32 bits per heavy atom. The average molecular weight is 303 g/mol. The van der Waals surface area contributed by atoms with Crippen LogP contribution in [-0.2, 0) is 16.0 Å². The van der Waals surface area contributed by atoms with Gasteiger partial charge >= 0.3 is 0 Å². The fourth-order valence-corrected chi connectivity index (χ4v) is 2.45. The van der Waals surface area contributed by atoms with E-state index in [9.17, 15) is 14.7 Å². The Balaban J connectivity index is 2.06. The minimum absolute atomic E-state index is 0.310. The van der Waals surface area contributed by atoms with Crippen molar-refractivity contribution in [2.75, 3.05) is 0 Å². The number of carbonyl (C=O) groups is 2. The molecule has 118 valence electrons. The van der Waals surface area contributed by atoms with Gasteiger partial charge in [-0.25, -0.2) is 0 Å². The second-order valence-corrected chi connectivity index (χ2v) is 5.59. The van der Waals surface area contributed by atoms with Gasteiger partial charge in [-0.05, 0) is 25.0 Å².